The fourth-order valence-corrected chi connectivity index (χ4v) is 2.41. The van der Waals surface area contributed by atoms with E-state index in [1.54, 1.807) is 32.2 Å². The zero-order chi connectivity index (χ0) is 15.6. The van der Waals surface area contributed by atoms with E-state index in [9.17, 15) is 8.78 Å². The smallest absolute Gasteiger partial charge is 0.130 e. The standard InChI is InChI=1S/C16H16ClF2NO/c1-9-5-12(14(19)8-13(9)18)15(20)7-10-6-11(17)3-4-16(10)21-2/h3-6,8,15H,7,20H2,1-2H3. The molecular formula is C16H16ClF2NO. The van der Waals surface area contributed by atoms with Crippen LogP contribution >= 0.6 is 11.6 Å². The van der Waals surface area contributed by atoms with Crippen LogP contribution in [0.2, 0.25) is 5.02 Å². The first-order valence-corrected chi connectivity index (χ1v) is 6.83. The molecule has 2 N–H and O–H groups in total. The van der Waals surface area contributed by atoms with Crippen molar-refractivity contribution in [1.29, 1.82) is 0 Å². The van der Waals surface area contributed by atoms with E-state index in [1.165, 1.54) is 6.07 Å². The van der Waals surface area contributed by atoms with Gasteiger partial charge in [-0.1, -0.05) is 11.6 Å². The molecule has 1 unspecified atom stereocenters. The van der Waals surface area contributed by atoms with Crippen LogP contribution in [0.1, 0.15) is 22.7 Å². The highest BCUT2D eigenvalue weighted by Gasteiger charge is 2.16. The summed E-state index contributed by atoms with van der Waals surface area (Å²) in [6.45, 7) is 1.57. The van der Waals surface area contributed by atoms with E-state index in [2.05, 4.69) is 0 Å². The van der Waals surface area contributed by atoms with E-state index >= 15 is 0 Å². The molecule has 0 saturated carbocycles. The Morgan fingerprint density at radius 3 is 2.57 bits per heavy atom. The third-order valence-corrected chi connectivity index (χ3v) is 3.59. The van der Waals surface area contributed by atoms with Crippen LogP contribution in [0.5, 0.6) is 5.75 Å². The Labute approximate surface area is 127 Å². The molecule has 0 bridgehead atoms. The highest BCUT2D eigenvalue weighted by Crippen LogP contribution is 2.28. The number of methoxy groups -OCH3 is 1. The van der Waals surface area contributed by atoms with E-state index in [0.717, 1.165) is 11.6 Å². The van der Waals surface area contributed by atoms with Gasteiger partial charge in [0, 0.05) is 22.7 Å². The lowest BCUT2D eigenvalue weighted by Crippen LogP contribution is -2.16. The van der Waals surface area contributed by atoms with Gasteiger partial charge in [-0.15, -0.1) is 0 Å². The Bertz CT molecular complexity index is 661. The largest absolute Gasteiger partial charge is 0.496 e. The Kier molecular flexibility index (Phi) is 4.80. The van der Waals surface area contributed by atoms with Gasteiger partial charge < -0.3 is 10.5 Å². The van der Waals surface area contributed by atoms with Crippen LogP contribution < -0.4 is 10.5 Å². The maximum Gasteiger partial charge on any atom is 0.130 e. The molecule has 0 aliphatic heterocycles. The van der Waals surface area contributed by atoms with Gasteiger partial charge in [0.2, 0.25) is 0 Å². The number of hydrogen-bond donors (Lipinski definition) is 1. The van der Waals surface area contributed by atoms with Crippen molar-refractivity contribution in [3.63, 3.8) is 0 Å². The van der Waals surface area contributed by atoms with E-state index in [0.29, 0.717) is 22.8 Å². The molecule has 0 aromatic heterocycles. The Balaban J connectivity index is 2.32. The van der Waals surface area contributed by atoms with Gasteiger partial charge in [-0.25, -0.2) is 8.78 Å². The molecule has 2 nitrogen and oxygen atoms in total. The molecular weight excluding hydrogens is 296 g/mol. The molecule has 112 valence electrons. The molecule has 2 aromatic carbocycles. The zero-order valence-electron chi connectivity index (χ0n) is 11.8. The van der Waals surface area contributed by atoms with E-state index in [-0.39, 0.29) is 5.56 Å². The first kappa shape index (κ1) is 15.7. The SMILES string of the molecule is COc1ccc(Cl)cc1CC(N)c1cc(C)c(F)cc1F. The number of hydrogen-bond acceptors (Lipinski definition) is 2. The molecule has 1 atom stereocenters. The third kappa shape index (κ3) is 3.52. The normalized spacial score (nSPS) is 12.3. The summed E-state index contributed by atoms with van der Waals surface area (Å²) < 4.78 is 32.4. The first-order chi connectivity index (χ1) is 9.92. The summed E-state index contributed by atoms with van der Waals surface area (Å²) in [6, 6.07) is 6.85. The fourth-order valence-electron chi connectivity index (χ4n) is 2.22. The van der Waals surface area contributed by atoms with E-state index in [4.69, 9.17) is 22.1 Å². The van der Waals surface area contributed by atoms with Crippen LogP contribution in [0.15, 0.2) is 30.3 Å². The zero-order valence-corrected chi connectivity index (χ0v) is 12.5. The van der Waals surface area contributed by atoms with Crippen LogP contribution in [0, 0.1) is 18.6 Å². The fraction of sp³-hybridized carbons (Fsp3) is 0.250. The summed E-state index contributed by atoms with van der Waals surface area (Å²) in [5.74, 6) is -0.593. The Hall–Kier alpha value is -1.65. The van der Waals surface area contributed by atoms with Crippen LogP contribution in [-0.2, 0) is 6.42 Å². The highest BCUT2D eigenvalue weighted by molar-refractivity contribution is 6.30. The predicted octanol–water partition coefficient (Wildman–Crippen LogP) is 4.18. The maximum atomic E-state index is 13.9. The van der Waals surface area contributed by atoms with Crippen molar-refractivity contribution in [2.75, 3.05) is 7.11 Å². The monoisotopic (exact) mass is 311 g/mol. The number of rotatable bonds is 4. The van der Waals surface area contributed by atoms with Crippen molar-refractivity contribution in [3.8, 4) is 5.75 Å². The second kappa shape index (κ2) is 6.41. The van der Waals surface area contributed by atoms with Crippen molar-refractivity contribution < 1.29 is 13.5 Å². The van der Waals surface area contributed by atoms with Gasteiger partial charge in [0.15, 0.2) is 0 Å². The number of nitrogens with two attached hydrogens (primary N) is 1. The molecule has 0 amide bonds. The number of ether oxygens (including phenoxy) is 1. The van der Waals surface area contributed by atoms with Crippen LogP contribution in [0.3, 0.4) is 0 Å². The van der Waals surface area contributed by atoms with E-state index < -0.39 is 17.7 Å². The summed E-state index contributed by atoms with van der Waals surface area (Å²) in [5.41, 5.74) is 7.47. The topological polar surface area (TPSA) is 35.2 Å². The summed E-state index contributed by atoms with van der Waals surface area (Å²) in [6.07, 6.45) is 0.339. The van der Waals surface area contributed by atoms with Gasteiger partial charge in [-0.2, -0.15) is 0 Å². The van der Waals surface area contributed by atoms with Crippen molar-refractivity contribution >= 4 is 11.6 Å². The minimum Gasteiger partial charge on any atom is -0.496 e. The summed E-state index contributed by atoms with van der Waals surface area (Å²) in [5, 5.41) is 0.550. The van der Waals surface area contributed by atoms with Crippen molar-refractivity contribution in [3.05, 3.63) is 63.7 Å². The number of benzene rings is 2. The summed E-state index contributed by atoms with van der Waals surface area (Å²) in [7, 11) is 1.54. The molecule has 0 radical (unpaired) electrons. The van der Waals surface area contributed by atoms with Gasteiger partial charge in [0.05, 0.1) is 7.11 Å². The average Bonchev–Trinajstić information content (AvgIpc) is 2.43. The van der Waals surface area contributed by atoms with Gasteiger partial charge >= 0.3 is 0 Å². The van der Waals surface area contributed by atoms with E-state index in [1.807, 2.05) is 0 Å². The quantitative estimate of drug-likeness (QED) is 0.919. The second-order valence-corrected chi connectivity index (χ2v) is 5.33. The van der Waals surface area contributed by atoms with Gasteiger partial charge in [0.1, 0.15) is 17.4 Å². The first-order valence-electron chi connectivity index (χ1n) is 6.46. The van der Waals surface area contributed by atoms with Crippen LogP contribution in [0.25, 0.3) is 0 Å². The molecule has 0 heterocycles. The second-order valence-electron chi connectivity index (χ2n) is 4.89. The maximum absolute atomic E-state index is 13.9. The van der Waals surface area contributed by atoms with Gasteiger partial charge in [-0.3, -0.25) is 0 Å². The molecule has 2 rings (SSSR count). The molecule has 0 saturated heterocycles. The Morgan fingerprint density at radius 1 is 1.19 bits per heavy atom. The molecule has 21 heavy (non-hydrogen) atoms. The summed E-state index contributed by atoms with van der Waals surface area (Å²) >= 11 is 5.96. The minimum absolute atomic E-state index is 0.274. The third-order valence-electron chi connectivity index (χ3n) is 3.36. The van der Waals surface area contributed by atoms with Crippen LogP contribution in [0.4, 0.5) is 8.78 Å². The molecule has 0 spiro atoms. The molecule has 5 heteroatoms. The lowest BCUT2D eigenvalue weighted by molar-refractivity contribution is 0.407. The molecule has 0 fully saturated rings. The Morgan fingerprint density at radius 2 is 1.90 bits per heavy atom. The van der Waals surface area contributed by atoms with Gasteiger partial charge in [-0.05, 0) is 48.7 Å². The van der Waals surface area contributed by atoms with Crippen LogP contribution in [-0.4, -0.2) is 7.11 Å². The lowest BCUT2D eigenvalue weighted by atomic mass is 9.97. The molecule has 2 aromatic rings. The highest BCUT2D eigenvalue weighted by atomic mass is 35.5. The minimum atomic E-state index is -0.647. The predicted molar refractivity (Wildman–Crippen MR) is 79.7 cm³/mol. The molecule has 0 aliphatic rings. The average molecular weight is 312 g/mol. The summed E-state index contributed by atoms with van der Waals surface area (Å²) in [4.78, 5) is 0. The van der Waals surface area contributed by atoms with Crippen molar-refractivity contribution in [2.24, 2.45) is 5.73 Å². The number of halogens is 3. The van der Waals surface area contributed by atoms with Crippen molar-refractivity contribution in [2.45, 2.75) is 19.4 Å². The molecule has 0 aliphatic carbocycles. The van der Waals surface area contributed by atoms with Gasteiger partial charge in [0.25, 0.3) is 0 Å². The number of aryl methyl sites for hydroxylation is 1. The van der Waals surface area contributed by atoms with Crippen molar-refractivity contribution in [1.82, 2.24) is 0 Å². The lowest BCUT2D eigenvalue weighted by Gasteiger charge is -2.16.